The van der Waals surface area contributed by atoms with Crippen LogP contribution in [0.15, 0.2) is 170 Å². The summed E-state index contributed by atoms with van der Waals surface area (Å²) in [6.45, 7) is 4.24. The summed E-state index contributed by atoms with van der Waals surface area (Å²) in [4.78, 5) is 0. The molecular formula is C43H38Cl2N6O8+2. The summed E-state index contributed by atoms with van der Waals surface area (Å²) in [5, 5.41) is 10.8. The van der Waals surface area contributed by atoms with E-state index in [1.54, 1.807) is 0 Å². The molecule has 0 radical (unpaired) electrons. The Morgan fingerprint density at radius 3 is 1.00 bits per heavy atom. The maximum atomic E-state index is 8.60. The van der Waals surface area contributed by atoms with E-state index in [1.807, 2.05) is 12.1 Å². The third-order valence-corrected chi connectivity index (χ3v) is 8.74. The van der Waals surface area contributed by atoms with Gasteiger partial charge in [-0.3, -0.25) is 0 Å². The fourth-order valence-electron chi connectivity index (χ4n) is 6.33. The van der Waals surface area contributed by atoms with Crippen molar-refractivity contribution in [2.45, 2.75) is 20.3 Å². The monoisotopic (exact) mass is 836 g/mol. The summed E-state index contributed by atoms with van der Waals surface area (Å²) >= 11 is 0. The Labute approximate surface area is 343 Å². The molecule has 2 N–H and O–H groups in total. The second-order valence-corrected chi connectivity index (χ2v) is 14.6. The molecule has 8 aromatic rings. The van der Waals surface area contributed by atoms with Crippen LogP contribution in [0.2, 0.25) is 0 Å². The van der Waals surface area contributed by atoms with Gasteiger partial charge in [0.15, 0.2) is 0 Å². The minimum atomic E-state index is -4.69. The summed E-state index contributed by atoms with van der Waals surface area (Å²) in [7, 11) is -9.39. The molecule has 2 heterocycles. The summed E-state index contributed by atoms with van der Waals surface area (Å²) in [6.07, 6.45) is 0.459. The number of nitrogens with zero attached hydrogens (tertiary/aromatic N) is 6. The number of benzene rings is 6. The highest BCUT2D eigenvalue weighted by atomic mass is 35.7. The molecule has 0 aliphatic carbocycles. The van der Waals surface area contributed by atoms with Crippen LogP contribution >= 0.6 is 0 Å². The average molecular weight is 838 g/mol. The number of aryl methyl sites for hydroxylation is 2. The minimum Gasteiger partial charge on any atom is -0.193 e. The molecule has 0 atom stereocenters. The fraction of sp³-hybridized carbons (Fsp3) is 0.0698. The summed E-state index contributed by atoms with van der Waals surface area (Å²) < 4.78 is 74.1. The van der Waals surface area contributed by atoms with Gasteiger partial charge < -0.3 is 0 Å². The van der Waals surface area contributed by atoms with Gasteiger partial charge in [-0.1, -0.05) is 118 Å². The molecular weight excluding hydrogens is 799 g/mol. The van der Waals surface area contributed by atoms with Crippen molar-refractivity contribution in [2.75, 3.05) is 0 Å². The highest BCUT2D eigenvalue weighted by Gasteiger charge is 2.36. The second-order valence-electron chi connectivity index (χ2n) is 13.0. The van der Waals surface area contributed by atoms with Crippen molar-refractivity contribution >= 4 is 0 Å². The number of para-hydroxylation sites is 2. The number of rotatable bonds is 8. The summed E-state index contributed by atoms with van der Waals surface area (Å²) in [5.74, 6) is 3.67. The van der Waals surface area contributed by atoms with Crippen LogP contribution < -0.4 is 37.1 Å². The molecule has 0 spiro atoms. The molecule has 0 saturated carbocycles. The van der Waals surface area contributed by atoms with Gasteiger partial charge in [-0.2, -0.15) is 37.1 Å². The summed E-state index contributed by atoms with van der Waals surface area (Å²) in [5.41, 5.74) is 8.58. The van der Waals surface area contributed by atoms with Gasteiger partial charge >= 0.3 is 0 Å². The molecule has 0 unspecified atom stereocenters. The Morgan fingerprint density at radius 2 is 0.712 bits per heavy atom. The molecule has 14 nitrogen and oxygen atoms in total. The van der Waals surface area contributed by atoms with E-state index >= 15 is 0 Å². The molecule has 0 aliphatic heterocycles. The van der Waals surface area contributed by atoms with Crippen molar-refractivity contribution in [1.82, 2.24) is 19.6 Å². The molecule has 0 aliphatic rings. The predicted octanol–water partition coefficient (Wildman–Crippen LogP) is -0.0950. The van der Waals surface area contributed by atoms with E-state index in [-0.39, 0.29) is 0 Å². The van der Waals surface area contributed by atoms with Crippen molar-refractivity contribution in [3.05, 3.63) is 193 Å². The summed E-state index contributed by atoms with van der Waals surface area (Å²) in [6, 6.07) is 59.1. The van der Waals surface area contributed by atoms with Crippen LogP contribution in [-0.2, 0) is 6.42 Å². The highest BCUT2D eigenvalue weighted by molar-refractivity contribution is 5.57. The van der Waals surface area contributed by atoms with Crippen LogP contribution in [0.3, 0.4) is 0 Å². The lowest BCUT2D eigenvalue weighted by Gasteiger charge is -2.07. The van der Waals surface area contributed by atoms with E-state index in [2.05, 4.69) is 190 Å². The van der Waals surface area contributed by atoms with Gasteiger partial charge in [0.1, 0.15) is 29.2 Å². The van der Waals surface area contributed by atoms with Gasteiger partial charge in [-0.05, 0) is 86.6 Å². The molecule has 0 bridgehead atoms. The zero-order valence-electron chi connectivity index (χ0n) is 31.7. The lowest BCUT2D eigenvalue weighted by molar-refractivity contribution is -1.92. The van der Waals surface area contributed by atoms with Crippen molar-refractivity contribution in [3.63, 3.8) is 0 Å². The van der Waals surface area contributed by atoms with Gasteiger partial charge in [0, 0.05) is 10.2 Å². The van der Waals surface area contributed by atoms with Crippen LogP contribution in [0, 0.1) is 34.3 Å². The Bertz CT molecular complexity index is 2370. The number of halogens is 2. The quantitative estimate of drug-likeness (QED) is 0.194. The Morgan fingerprint density at radius 1 is 0.441 bits per heavy atom. The van der Waals surface area contributed by atoms with Crippen molar-refractivity contribution in [3.8, 4) is 45.5 Å². The van der Waals surface area contributed by atoms with Crippen LogP contribution in [-0.4, -0.2) is 28.9 Å². The Balaban J connectivity index is 0.000000526. The van der Waals surface area contributed by atoms with E-state index in [9.17, 15) is 0 Å². The first-order valence-electron chi connectivity index (χ1n) is 17.8. The molecule has 2 aromatic heterocycles. The standard InChI is InChI=1S/C43H36N6.2ClHO4/c1-32-23-27-36(28-24-32)46-40(44-48(38-19-11-5-12-20-38)42(46)34-15-7-3-8-16-34)31-41-45-49(39-21-13-6-14-22-39)43(35-17-9-4-10-18-35)47(41)37-29-25-33(2)26-30-37;2*2-1(3,4)5/h3-30H,31H2,1-2H3;2*(H,2,3,4,5)/q+2;;. The third kappa shape index (κ3) is 11.5. The van der Waals surface area contributed by atoms with E-state index in [0.29, 0.717) is 6.42 Å². The fourth-order valence-corrected chi connectivity index (χ4v) is 6.33. The van der Waals surface area contributed by atoms with Crippen LogP contribution in [0.5, 0.6) is 0 Å². The molecule has 8 rings (SSSR count). The molecule has 0 saturated heterocycles. The molecule has 16 heteroatoms. The first-order valence-corrected chi connectivity index (χ1v) is 20.4. The van der Waals surface area contributed by atoms with E-state index in [1.165, 1.54) is 11.1 Å². The van der Waals surface area contributed by atoms with Gasteiger partial charge in [0.2, 0.25) is 0 Å². The number of hydrogen-bond donors (Lipinski definition) is 2. The van der Waals surface area contributed by atoms with Crippen LogP contribution in [0.1, 0.15) is 22.8 Å². The lowest BCUT2D eigenvalue weighted by Crippen LogP contribution is -2.58. The maximum absolute atomic E-state index is 8.60. The van der Waals surface area contributed by atoms with E-state index in [0.717, 1.165) is 57.2 Å². The molecule has 300 valence electrons. The molecule has 0 amide bonds. The SMILES string of the molecule is Cc1ccc(-[n+]2c(Cc3nn(-c4ccccc4)c(-c4ccccc4)[n+]3-c3ccc(C)cc3)nn(-c3ccccc3)c2-c2ccccc2)cc1.[O-][Cl+3]([O-])([O-])O.[O-][Cl+3]([O-])([O-])O. The largest absolute Gasteiger partial charge is 0.294 e. The van der Waals surface area contributed by atoms with E-state index in [4.69, 9.17) is 47.5 Å². The van der Waals surface area contributed by atoms with Gasteiger partial charge in [-0.25, -0.2) is 0 Å². The van der Waals surface area contributed by atoms with Crippen molar-refractivity contribution in [1.29, 1.82) is 0 Å². The molecule has 0 fully saturated rings. The average Bonchev–Trinajstić information content (AvgIpc) is 3.78. The zero-order valence-corrected chi connectivity index (χ0v) is 33.2. The van der Waals surface area contributed by atoms with Crippen LogP contribution in [0.4, 0.5) is 0 Å². The molecule has 6 aromatic carbocycles. The van der Waals surface area contributed by atoms with E-state index < -0.39 is 20.5 Å². The van der Waals surface area contributed by atoms with Gasteiger partial charge in [0.05, 0.1) is 40.9 Å². The van der Waals surface area contributed by atoms with Gasteiger partial charge in [-0.15, -0.1) is 0 Å². The van der Waals surface area contributed by atoms with Crippen molar-refractivity contribution in [2.24, 2.45) is 0 Å². The second kappa shape index (κ2) is 18.6. The Hall–Kier alpha value is -6.14. The third-order valence-electron chi connectivity index (χ3n) is 8.74. The lowest BCUT2D eigenvalue weighted by atomic mass is 10.1. The van der Waals surface area contributed by atoms with Crippen LogP contribution in [0.25, 0.3) is 45.5 Å². The van der Waals surface area contributed by atoms with Crippen molar-refractivity contribution < 1.29 is 66.9 Å². The first-order chi connectivity index (χ1) is 28.1. The topological polar surface area (TPSA) is 222 Å². The molecule has 59 heavy (non-hydrogen) atoms. The maximum Gasteiger partial charge on any atom is 0.294 e. The smallest absolute Gasteiger partial charge is 0.193 e. The predicted molar refractivity (Wildman–Crippen MR) is 198 cm³/mol. The zero-order chi connectivity index (χ0) is 42.2. The number of hydrogen-bond acceptors (Lipinski definition) is 10. The van der Waals surface area contributed by atoms with Gasteiger partial charge in [0.25, 0.3) is 23.3 Å². The normalized spacial score (nSPS) is 11.3. The highest BCUT2D eigenvalue weighted by Crippen LogP contribution is 2.26. The number of aromatic nitrogens is 6. The first kappa shape index (κ1) is 42.5. The Kier molecular flexibility index (Phi) is 13.4. The minimum absolute atomic E-state index is 0.459.